The summed E-state index contributed by atoms with van der Waals surface area (Å²) in [5.41, 5.74) is 5.88. The van der Waals surface area contributed by atoms with E-state index in [-0.39, 0.29) is 13.1 Å². The number of imide groups is 1. The fourth-order valence-electron chi connectivity index (χ4n) is 0.861. The van der Waals surface area contributed by atoms with E-state index in [0.717, 1.165) is 0 Å². The van der Waals surface area contributed by atoms with Gasteiger partial charge in [0.2, 0.25) is 0 Å². The maximum Gasteiger partial charge on any atom is 0.413 e. The van der Waals surface area contributed by atoms with Gasteiger partial charge in [-0.25, -0.2) is 9.48 Å². The number of hydrogen-bond acceptors (Lipinski definition) is 6. The van der Waals surface area contributed by atoms with E-state index in [1.807, 2.05) is 5.32 Å². The average Bonchev–Trinajstić information content (AvgIpc) is 2.65. The molecule has 15 heavy (non-hydrogen) atoms. The summed E-state index contributed by atoms with van der Waals surface area (Å²) in [6.45, 7) is 0.140. The number of hydrogen-bond donors (Lipinski definition) is 2. The molecule has 82 valence electrons. The van der Waals surface area contributed by atoms with Gasteiger partial charge in [0.1, 0.15) is 6.54 Å². The highest BCUT2D eigenvalue weighted by atomic mass is 16.5. The van der Waals surface area contributed by atoms with Gasteiger partial charge in [0, 0.05) is 6.54 Å². The Morgan fingerprint density at radius 2 is 2.40 bits per heavy atom. The van der Waals surface area contributed by atoms with Crippen molar-refractivity contribution in [2.24, 2.45) is 5.73 Å². The first-order valence-corrected chi connectivity index (χ1v) is 4.12. The largest absolute Gasteiger partial charge is 0.453 e. The van der Waals surface area contributed by atoms with E-state index in [1.54, 1.807) is 0 Å². The van der Waals surface area contributed by atoms with E-state index in [2.05, 4.69) is 15.0 Å². The highest BCUT2D eigenvalue weighted by Gasteiger charge is 2.09. The van der Waals surface area contributed by atoms with Crippen LogP contribution in [-0.2, 0) is 22.6 Å². The van der Waals surface area contributed by atoms with Crippen LogP contribution in [0.3, 0.4) is 0 Å². The number of alkyl carbamates (subject to hydrolysis) is 1. The average molecular weight is 213 g/mol. The normalized spacial score (nSPS) is 9.73. The van der Waals surface area contributed by atoms with Crippen LogP contribution in [0.5, 0.6) is 0 Å². The number of nitrogens with one attached hydrogen (secondary N) is 1. The Labute approximate surface area is 85.4 Å². The number of nitrogens with zero attached hydrogens (tertiary/aromatic N) is 3. The fourth-order valence-corrected chi connectivity index (χ4v) is 0.861. The van der Waals surface area contributed by atoms with Gasteiger partial charge in [-0.3, -0.25) is 10.1 Å². The number of methoxy groups -OCH3 is 1. The number of ether oxygens (including phenoxy) is 1. The molecular weight excluding hydrogens is 202 g/mol. The summed E-state index contributed by atoms with van der Waals surface area (Å²) in [4.78, 5) is 21.8. The van der Waals surface area contributed by atoms with Gasteiger partial charge < -0.3 is 10.5 Å². The molecule has 0 saturated carbocycles. The molecule has 8 nitrogen and oxygen atoms in total. The molecule has 0 aliphatic rings. The highest BCUT2D eigenvalue weighted by molar-refractivity contribution is 5.91. The molecule has 0 aliphatic heterocycles. The standard InChI is InChI=1S/C7H11N5O3/c1-15-7(14)9-6(13)4-12-3-5(2-8)10-11-12/h3H,2,4,8H2,1H3,(H,9,13,14). The monoisotopic (exact) mass is 213 g/mol. The van der Waals surface area contributed by atoms with Crippen LogP contribution in [0.4, 0.5) is 4.79 Å². The predicted molar refractivity (Wildman–Crippen MR) is 48.5 cm³/mol. The number of amides is 2. The Bertz CT molecular complexity index is 361. The molecule has 0 fully saturated rings. The van der Waals surface area contributed by atoms with Gasteiger partial charge in [0.05, 0.1) is 19.0 Å². The van der Waals surface area contributed by atoms with Crippen molar-refractivity contribution in [3.63, 3.8) is 0 Å². The molecular formula is C7H11N5O3. The van der Waals surface area contributed by atoms with E-state index < -0.39 is 12.0 Å². The summed E-state index contributed by atoms with van der Waals surface area (Å²) in [7, 11) is 1.17. The molecule has 0 radical (unpaired) electrons. The molecule has 0 aromatic carbocycles. The SMILES string of the molecule is COC(=O)NC(=O)Cn1cc(CN)nn1. The zero-order valence-corrected chi connectivity index (χ0v) is 8.14. The fraction of sp³-hybridized carbons (Fsp3) is 0.429. The van der Waals surface area contributed by atoms with E-state index in [4.69, 9.17) is 5.73 Å². The highest BCUT2D eigenvalue weighted by Crippen LogP contribution is 1.90. The first-order valence-electron chi connectivity index (χ1n) is 4.12. The van der Waals surface area contributed by atoms with Crippen molar-refractivity contribution in [2.75, 3.05) is 7.11 Å². The van der Waals surface area contributed by atoms with Crippen LogP contribution in [-0.4, -0.2) is 34.1 Å². The number of aromatic nitrogens is 3. The van der Waals surface area contributed by atoms with Gasteiger partial charge in [0.25, 0.3) is 5.91 Å². The molecule has 1 heterocycles. The van der Waals surface area contributed by atoms with Crippen molar-refractivity contribution in [1.29, 1.82) is 0 Å². The minimum absolute atomic E-state index is 0.109. The van der Waals surface area contributed by atoms with Crippen LogP contribution in [0.2, 0.25) is 0 Å². The van der Waals surface area contributed by atoms with Crippen LogP contribution in [0, 0.1) is 0 Å². The third-order valence-electron chi connectivity index (χ3n) is 1.53. The zero-order chi connectivity index (χ0) is 11.3. The van der Waals surface area contributed by atoms with Gasteiger partial charge in [0.15, 0.2) is 0 Å². The minimum Gasteiger partial charge on any atom is -0.453 e. The molecule has 0 unspecified atom stereocenters. The van der Waals surface area contributed by atoms with Crippen LogP contribution in [0.1, 0.15) is 5.69 Å². The summed E-state index contributed by atoms with van der Waals surface area (Å²) in [5, 5.41) is 9.30. The maximum atomic E-state index is 11.1. The first-order chi connectivity index (χ1) is 7.15. The molecule has 1 aromatic rings. The second-order valence-corrected chi connectivity index (χ2v) is 2.65. The molecule has 0 atom stereocenters. The maximum absolute atomic E-state index is 11.1. The second-order valence-electron chi connectivity index (χ2n) is 2.65. The van der Waals surface area contributed by atoms with Crippen molar-refractivity contribution in [1.82, 2.24) is 20.3 Å². The number of carbonyl (C=O) groups is 2. The van der Waals surface area contributed by atoms with Crippen molar-refractivity contribution in [3.05, 3.63) is 11.9 Å². The van der Waals surface area contributed by atoms with Crippen LogP contribution >= 0.6 is 0 Å². The first kappa shape index (κ1) is 11.1. The minimum atomic E-state index is -0.806. The Hall–Kier alpha value is -1.96. The zero-order valence-electron chi connectivity index (χ0n) is 8.14. The van der Waals surface area contributed by atoms with E-state index in [0.29, 0.717) is 5.69 Å². The van der Waals surface area contributed by atoms with Crippen LogP contribution in [0.15, 0.2) is 6.20 Å². The van der Waals surface area contributed by atoms with Gasteiger partial charge in [-0.05, 0) is 0 Å². The van der Waals surface area contributed by atoms with E-state index in [1.165, 1.54) is 18.0 Å². The van der Waals surface area contributed by atoms with Crippen molar-refractivity contribution in [2.45, 2.75) is 13.1 Å². The molecule has 8 heteroatoms. The second kappa shape index (κ2) is 5.05. The van der Waals surface area contributed by atoms with E-state index in [9.17, 15) is 9.59 Å². The van der Waals surface area contributed by atoms with Crippen LogP contribution in [0.25, 0.3) is 0 Å². The third-order valence-corrected chi connectivity index (χ3v) is 1.53. The molecule has 0 saturated heterocycles. The molecule has 0 spiro atoms. The van der Waals surface area contributed by atoms with Crippen molar-refractivity contribution >= 4 is 12.0 Å². The number of nitrogens with two attached hydrogens (primary N) is 1. The lowest BCUT2D eigenvalue weighted by Crippen LogP contribution is -2.33. The summed E-state index contributed by atoms with van der Waals surface area (Å²) in [6, 6.07) is 0. The lowest BCUT2D eigenvalue weighted by molar-refractivity contribution is -0.121. The topological polar surface area (TPSA) is 112 Å². The van der Waals surface area contributed by atoms with Gasteiger partial charge >= 0.3 is 6.09 Å². The third kappa shape index (κ3) is 3.35. The molecule has 3 N–H and O–H groups in total. The van der Waals surface area contributed by atoms with Crippen molar-refractivity contribution in [3.8, 4) is 0 Å². The van der Waals surface area contributed by atoms with Gasteiger partial charge in [-0.2, -0.15) is 0 Å². The number of rotatable bonds is 3. The lowest BCUT2D eigenvalue weighted by Gasteiger charge is -2.01. The Morgan fingerprint density at radius 1 is 1.67 bits per heavy atom. The van der Waals surface area contributed by atoms with Gasteiger partial charge in [-0.15, -0.1) is 5.10 Å². The smallest absolute Gasteiger partial charge is 0.413 e. The summed E-state index contributed by atoms with van der Waals surface area (Å²) < 4.78 is 5.53. The molecule has 0 aliphatic carbocycles. The quantitative estimate of drug-likeness (QED) is 0.639. The Morgan fingerprint density at radius 3 is 2.93 bits per heavy atom. The summed E-state index contributed by atoms with van der Waals surface area (Å²) in [6.07, 6.45) is 0.718. The molecule has 0 bridgehead atoms. The van der Waals surface area contributed by atoms with Crippen molar-refractivity contribution < 1.29 is 14.3 Å². The molecule has 2 amide bonds. The number of carbonyl (C=O) groups excluding carboxylic acids is 2. The lowest BCUT2D eigenvalue weighted by atomic mass is 10.5. The van der Waals surface area contributed by atoms with E-state index >= 15 is 0 Å². The molecule has 1 aromatic heterocycles. The summed E-state index contributed by atoms with van der Waals surface area (Å²) in [5.74, 6) is -0.532. The predicted octanol–water partition coefficient (Wildman–Crippen LogP) is -1.38. The Kier molecular flexibility index (Phi) is 3.75. The van der Waals surface area contributed by atoms with Gasteiger partial charge in [-0.1, -0.05) is 5.21 Å². The molecule has 1 rings (SSSR count). The summed E-state index contributed by atoms with van der Waals surface area (Å²) >= 11 is 0. The Balaban J connectivity index is 2.47. The van der Waals surface area contributed by atoms with Crippen LogP contribution < -0.4 is 11.1 Å².